The van der Waals surface area contributed by atoms with Gasteiger partial charge in [0.25, 0.3) is 0 Å². The van der Waals surface area contributed by atoms with E-state index in [-0.39, 0.29) is 57.2 Å². The van der Waals surface area contributed by atoms with E-state index in [1.165, 1.54) is 24.5 Å². The molecule has 0 spiro atoms. The lowest BCUT2D eigenvalue weighted by molar-refractivity contribution is -0.306. The molecule has 6 rings (SSSR count). The Balaban J connectivity index is 1.29. The number of amides is 1. The number of rotatable bonds is 5. The Morgan fingerprint density at radius 3 is 2.22 bits per heavy atom. The third kappa shape index (κ3) is 4.73. The van der Waals surface area contributed by atoms with Gasteiger partial charge in [0.15, 0.2) is 0 Å². The number of ether oxygens (including phenoxy) is 1. The van der Waals surface area contributed by atoms with Crippen LogP contribution in [0.4, 0.5) is 13.2 Å². The molecule has 0 aromatic heterocycles. The minimum absolute atomic E-state index is 0.0302. The molecule has 0 aliphatic heterocycles. The first kappa shape index (κ1) is 34.1. The summed E-state index contributed by atoms with van der Waals surface area (Å²) in [7, 11) is 0. The number of aliphatic hydroxyl groups excluding tert-OH is 1. The van der Waals surface area contributed by atoms with Gasteiger partial charge in [-0.05, 0) is 134 Å². The van der Waals surface area contributed by atoms with Gasteiger partial charge in [-0.2, -0.15) is 0 Å². The van der Waals surface area contributed by atoms with E-state index in [4.69, 9.17) is 0 Å². The van der Waals surface area contributed by atoms with Crippen LogP contribution in [0, 0.1) is 56.2 Å². The highest BCUT2D eigenvalue weighted by Gasteiger charge is 2.75. The Bertz CT molecular complexity index is 1330. The zero-order valence-corrected chi connectivity index (χ0v) is 29.3. The van der Waals surface area contributed by atoms with Gasteiger partial charge in [-0.15, -0.1) is 13.2 Å². The molecule has 1 amide bonds. The summed E-state index contributed by atoms with van der Waals surface area (Å²) in [5, 5.41) is 14.4. The van der Waals surface area contributed by atoms with Crippen LogP contribution < -0.4 is 5.32 Å². The van der Waals surface area contributed by atoms with Crippen LogP contribution in [0.2, 0.25) is 0 Å². The standard InChI is InChI=1S/C39H58F3NO3/c1-24(2)27-13-20-38(32(45)43-23-25-9-11-26(12-10-25)46-39(40,41)42)22-21-37(8)35(6)18-14-28-33(3,4)30(44)16-17-34(28,5)29(35)15-19-36(37,7)31(27)38/h9,11,27-31,44H,1,10,12-23H2,2-8H3,(H,43,45)/t27-,28?,29?,30?,31?,34?,35?,36?,37-,38?/m0/s1. The number of alkyl halides is 3. The lowest BCUT2D eigenvalue weighted by Crippen LogP contribution is -2.70. The van der Waals surface area contributed by atoms with Crippen molar-refractivity contribution in [2.24, 2.45) is 56.2 Å². The van der Waals surface area contributed by atoms with E-state index in [9.17, 15) is 23.1 Å². The van der Waals surface area contributed by atoms with Crippen molar-refractivity contribution in [3.8, 4) is 0 Å². The average molecular weight is 646 g/mol. The molecule has 258 valence electrons. The highest BCUT2D eigenvalue weighted by molar-refractivity contribution is 5.84. The number of halogens is 3. The zero-order chi connectivity index (χ0) is 33.7. The van der Waals surface area contributed by atoms with Gasteiger partial charge in [-0.25, -0.2) is 0 Å². The largest absolute Gasteiger partial charge is 0.572 e. The Hall–Kier alpha value is -1.76. The maximum atomic E-state index is 14.5. The Labute approximate surface area is 275 Å². The van der Waals surface area contributed by atoms with Crippen LogP contribution in [0.5, 0.6) is 0 Å². The molecule has 0 aromatic carbocycles. The summed E-state index contributed by atoms with van der Waals surface area (Å²) >= 11 is 0. The normalized spacial score (nSPS) is 46.5. The smallest absolute Gasteiger partial charge is 0.410 e. The minimum Gasteiger partial charge on any atom is -0.410 e. The summed E-state index contributed by atoms with van der Waals surface area (Å²) in [6.45, 7) is 21.9. The molecule has 8 unspecified atom stereocenters. The van der Waals surface area contributed by atoms with E-state index in [1.807, 2.05) is 0 Å². The molecule has 5 fully saturated rings. The lowest BCUT2D eigenvalue weighted by atomic mass is 9.29. The summed E-state index contributed by atoms with van der Waals surface area (Å²) in [5.74, 6) is 1.64. The first-order chi connectivity index (χ1) is 21.3. The summed E-state index contributed by atoms with van der Waals surface area (Å²) in [6, 6.07) is 0. The fourth-order valence-corrected chi connectivity index (χ4v) is 13.5. The second kappa shape index (κ2) is 10.9. The summed E-state index contributed by atoms with van der Waals surface area (Å²) in [6.07, 6.45) is 9.08. The fourth-order valence-electron chi connectivity index (χ4n) is 13.5. The van der Waals surface area contributed by atoms with Gasteiger partial charge in [0.1, 0.15) is 5.76 Å². The van der Waals surface area contributed by atoms with Crippen LogP contribution in [0.15, 0.2) is 35.6 Å². The van der Waals surface area contributed by atoms with Crippen molar-refractivity contribution in [1.82, 2.24) is 5.32 Å². The zero-order valence-electron chi connectivity index (χ0n) is 29.3. The molecule has 6 aliphatic carbocycles. The molecule has 0 heterocycles. The molecule has 46 heavy (non-hydrogen) atoms. The van der Waals surface area contributed by atoms with Gasteiger partial charge in [0.05, 0.1) is 11.5 Å². The number of aliphatic hydroxyl groups is 1. The van der Waals surface area contributed by atoms with Gasteiger partial charge < -0.3 is 15.2 Å². The second-order valence-electron chi connectivity index (χ2n) is 18.0. The van der Waals surface area contributed by atoms with E-state index in [0.717, 1.165) is 56.9 Å². The highest BCUT2D eigenvalue weighted by Crippen LogP contribution is 2.81. The Kier molecular flexibility index (Phi) is 8.06. The van der Waals surface area contributed by atoms with Crippen molar-refractivity contribution in [2.45, 2.75) is 138 Å². The van der Waals surface area contributed by atoms with Gasteiger partial charge >= 0.3 is 6.36 Å². The molecule has 5 saturated carbocycles. The number of fused-ring (bicyclic) bond motifs is 7. The topological polar surface area (TPSA) is 58.6 Å². The number of nitrogens with one attached hydrogen (secondary N) is 1. The highest BCUT2D eigenvalue weighted by atomic mass is 19.4. The molecule has 6 aliphatic rings. The average Bonchev–Trinajstić information content (AvgIpc) is 3.38. The summed E-state index contributed by atoms with van der Waals surface area (Å²) in [5.41, 5.74) is 1.94. The van der Waals surface area contributed by atoms with E-state index in [0.29, 0.717) is 30.7 Å². The molecule has 0 radical (unpaired) electrons. The molecule has 0 saturated heterocycles. The number of allylic oxidation sites excluding steroid dienone is 4. The van der Waals surface area contributed by atoms with Crippen LogP contribution >= 0.6 is 0 Å². The first-order valence-corrected chi connectivity index (χ1v) is 18.0. The van der Waals surface area contributed by atoms with Gasteiger partial charge in [0.2, 0.25) is 5.91 Å². The number of carbonyl (C=O) groups is 1. The van der Waals surface area contributed by atoms with Crippen LogP contribution in [0.1, 0.15) is 126 Å². The first-order valence-electron chi connectivity index (χ1n) is 18.0. The van der Waals surface area contributed by atoms with Crippen molar-refractivity contribution in [1.29, 1.82) is 0 Å². The monoisotopic (exact) mass is 645 g/mol. The minimum atomic E-state index is -4.68. The van der Waals surface area contributed by atoms with Crippen molar-refractivity contribution in [3.05, 3.63) is 35.6 Å². The van der Waals surface area contributed by atoms with Crippen LogP contribution in [0.25, 0.3) is 0 Å². The molecule has 4 nitrogen and oxygen atoms in total. The lowest BCUT2D eigenvalue weighted by Gasteiger charge is -2.76. The van der Waals surface area contributed by atoms with Crippen LogP contribution in [-0.4, -0.2) is 30.0 Å². The van der Waals surface area contributed by atoms with Crippen molar-refractivity contribution in [2.75, 3.05) is 6.54 Å². The number of hydrogen-bond donors (Lipinski definition) is 2. The summed E-state index contributed by atoms with van der Waals surface area (Å²) in [4.78, 5) is 14.5. The van der Waals surface area contributed by atoms with Crippen molar-refractivity contribution < 1.29 is 27.8 Å². The van der Waals surface area contributed by atoms with Gasteiger partial charge in [-0.1, -0.05) is 65.3 Å². The SMILES string of the molecule is C=C(C)[C@@H]1CCC2(C(=O)NCC3=CC=C(OC(F)(F)F)CC3)CC[C@]3(C)C(C)(CCC4C5(C)CCC(O)C(C)(C)C5CCC43C)C12. The number of carbonyl (C=O) groups excluding carboxylic acids is 1. The quantitative estimate of drug-likeness (QED) is 0.293. The molecule has 0 aromatic rings. The van der Waals surface area contributed by atoms with Gasteiger partial charge in [-0.3, -0.25) is 4.79 Å². The molecule has 10 atom stereocenters. The van der Waals surface area contributed by atoms with E-state index < -0.39 is 11.8 Å². The van der Waals surface area contributed by atoms with Crippen molar-refractivity contribution in [3.63, 3.8) is 0 Å². The Morgan fingerprint density at radius 1 is 0.913 bits per heavy atom. The predicted octanol–water partition coefficient (Wildman–Crippen LogP) is 9.65. The fraction of sp³-hybridized carbons (Fsp3) is 0.821. The third-order valence-electron chi connectivity index (χ3n) is 16.2. The Morgan fingerprint density at radius 2 is 1.59 bits per heavy atom. The maximum Gasteiger partial charge on any atom is 0.572 e. The second-order valence-corrected chi connectivity index (χ2v) is 18.0. The van der Waals surface area contributed by atoms with E-state index in [1.54, 1.807) is 6.08 Å². The van der Waals surface area contributed by atoms with Crippen LogP contribution in [-0.2, 0) is 9.53 Å². The van der Waals surface area contributed by atoms with Gasteiger partial charge in [0, 0.05) is 13.0 Å². The number of hydrogen-bond acceptors (Lipinski definition) is 3. The molecular weight excluding hydrogens is 587 g/mol. The maximum absolute atomic E-state index is 14.5. The molecular formula is C39H58F3NO3. The molecule has 7 heteroatoms. The third-order valence-corrected chi connectivity index (χ3v) is 16.2. The molecule has 2 N–H and O–H groups in total. The van der Waals surface area contributed by atoms with Crippen LogP contribution in [0.3, 0.4) is 0 Å². The molecule has 0 bridgehead atoms. The van der Waals surface area contributed by atoms with Crippen molar-refractivity contribution >= 4 is 5.91 Å². The summed E-state index contributed by atoms with van der Waals surface area (Å²) < 4.78 is 42.2. The predicted molar refractivity (Wildman–Crippen MR) is 175 cm³/mol. The van der Waals surface area contributed by atoms with E-state index >= 15 is 0 Å². The van der Waals surface area contributed by atoms with E-state index in [2.05, 4.69) is 65.1 Å².